The van der Waals surface area contributed by atoms with Crippen LogP contribution in [0.4, 0.5) is 0 Å². The number of rotatable bonds is 26. The van der Waals surface area contributed by atoms with Crippen molar-refractivity contribution in [2.24, 2.45) is 47.3 Å². The van der Waals surface area contributed by atoms with Gasteiger partial charge in [0.1, 0.15) is 0 Å². The molecule has 0 aliphatic heterocycles. The molecule has 6 atom stereocenters. The summed E-state index contributed by atoms with van der Waals surface area (Å²) < 4.78 is 0. The van der Waals surface area contributed by atoms with Crippen LogP contribution in [0.1, 0.15) is 185 Å². The highest BCUT2D eigenvalue weighted by molar-refractivity contribution is 5.69. The number of aliphatic carboxylic acids is 2. The molecule has 2 N–H and O–H groups in total. The lowest BCUT2D eigenvalue weighted by Crippen LogP contribution is -2.09. The number of carbonyl (C=O) groups is 2. The first kappa shape index (κ1) is 43.1. The van der Waals surface area contributed by atoms with Gasteiger partial charge in [-0.2, -0.15) is 0 Å². The summed E-state index contributed by atoms with van der Waals surface area (Å²) in [4.78, 5) is 21.5. The quantitative estimate of drug-likeness (QED) is 0.104. The summed E-state index contributed by atoms with van der Waals surface area (Å²) in [7, 11) is 0. The predicted octanol–water partition coefficient (Wildman–Crippen LogP) is 12.3. The van der Waals surface area contributed by atoms with Crippen LogP contribution in [0.2, 0.25) is 0 Å². The lowest BCUT2D eigenvalue weighted by Gasteiger charge is -2.15. The molecule has 0 heterocycles. The zero-order valence-electron chi connectivity index (χ0n) is 30.1. The third kappa shape index (κ3) is 30.4. The standard InChI is InChI=1S/2C19H38O2/c2*1-15(2)9-6-10-16(3)11-7-12-17(4)13-8-14-18(5)19(20)21/h2*15-18H,6-14H2,1-5H3,(H,20,21). The Kier molecular flexibility index (Phi) is 28.2. The highest BCUT2D eigenvalue weighted by Gasteiger charge is 2.13. The van der Waals surface area contributed by atoms with Gasteiger partial charge in [-0.05, 0) is 48.3 Å². The molecule has 0 bridgehead atoms. The Morgan fingerprint density at radius 1 is 0.357 bits per heavy atom. The van der Waals surface area contributed by atoms with E-state index in [-0.39, 0.29) is 11.8 Å². The molecule has 0 aromatic carbocycles. The lowest BCUT2D eigenvalue weighted by atomic mass is 9.91. The van der Waals surface area contributed by atoms with Gasteiger partial charge in [0, 0.05) is 0 Å². The maximum absolute atomic E-state index is 10.8. The molecule has 0 aliphatic rings. The summed E-state index contributed by atoms with van der Waals surface area (Å²) in [5.74, 6) is 3.22. The minimum absolute atomic E-state index is 0.182. The smallest absolute Gasteiger partial charge is 0.306 e. The van der Waals surface area contributed by atoms with Gasteiger partial charge in [-0.3, -0.25) is 9.59 Å². The molecule has 0 saturated heterocycles. The monoisotopic (exact) mass is 597 g/mol. The van der Waals surface area contributed by atoms with E-state index in [1.54, 1.807) is 0 Å². The van der Waals surface area contributed by atoms with Crippen molar-refractivity contribution >= 4 is 11.9 Å². The second-order valence-electron chi connectivity index (χ2n) is 15.3. The second-order valence-corrected chi connectivity index (χ2v) is 15.3. The van der Waals surface area contributed by atoms with Gasteiger partial charge in [-0.1, -0.05) is 172 Å². The van der Waals surface area contributed by atoms with E-state index in [1.807, 2.05) is 13.8 Å². The van der Waals surface area contributed by atoms with Crippen LogP contribution in [-0.4, -0.2) is 22.2 Å². The molecule has 0 aromatic rings. The zero-order chi connectivity index (χ0) is 32.5. The third-order valence-corrected chi connectivity index (χ3v) is 9.26. The molecule has 4 nitrogen and oxygen atoms in total. The Morgan fingerprint density at radius 3 is 0.738 bits per heavy atom. The fraction of sp³-hybridized carbons (Fsp3) is 0.947. The lowest BCUT2D eigenvalue weighted by molar-refractivity contribution is -0.142. The number of hydrogen-bond acceptors (Lipinski definition) is 2. The third-order valence-electron chi connectivity index (χ3n) is 9.26. The van der Waals surface area contributed by atoms with Gasteiger partial charge in [0.15, 0.2) is 0 Å². The Morgan fingerprint density at radius 2 is 0.548 bits per heavy atom. The Bertz CT molecular complexity index is 575. The maximum atomic E-state index is 10.8. The van der Waals surface area contributed by atoms with Crippen LogP contribution in [0.3, 0.4) is 0 Å². The average Bonchev–Trinajstić information content (AvgIpc) is 2.88. The highest BCUT2D eigenvalue weighted by Crippen LogP contribution is 2.23. The first-order valence-corrected chi connectivity index (χ1v) is 18.1. The molecule has 0 radical (unpaired) electrons. The molecular weight excluding hydrogens is 520 g/mol. The summed E-state index contributed by atoms with van der Waals surface area (Å²) in [6, 6.07) is 0. The van der Waals surface area contributed by atoms with Crippen LogP contribution in [-0.2, 0) is 9.59 Å². The summed E-state index contributed by atoms with van der Waals surface area (Å²) in [6.45, 7) is 22.2. The molecule has 0 saturated carbocycles. The molecule has 4 heteroatoms. The molecule has 0 spiro atoms. The molecule has 252 valence electrons. The summed E-state index contributed by atoms with van der Waals surface area (Å²) in [6.07, 6.45) is 22.3. The van der Waals surface area contributed by atoms with Crippen LogP contribution in [0.5, 0.6) is 0 Å². The van der Waals surface area contributed by atoms with E-state index in [4.69, 9.17) is 10.2 Å². The highest BCUT2D eigenvalue weighted by atomic mass is 16.4. The van der Waals surface area contributed by atoms with Crippen LogP contribution < -0.4 is 0 Å². The summed E-state index contributed by atoms with van der Waals surface area (Å²) >= 11 is 0. The minimum atomic E-state index is -0.655. The molecule has 0 aliphatic carbocycles. The van der Waals surface area contributed by atoms with E-state index in [0.29, 0.717) is 0 Å². The number of carboxylic acids is 2. The molecule has 0 rings (SSSR count). The van der Waals surface area contributed by atoms with Crippen molar-refractivity contribution in [2.45, 2.75) is 185 Å². The van der Waals surface area contributed by atoms with Gasteiger partial charge in [-0.15, -0.1) is 0 Å². The van der Waals surface area contributed by atoms with Crippen molar-refractivity contribution in [3.63, 3.8) is 0 Å². The second kappa shape index (κ2) is 27.5. The van der Waals surface area contributed by atoms with Crippen molar-refractivity contribution in [3.8, 4) is 0 Å². The Hall–Kier alpha value is -1.06. The van der Waals surface area contributed by atoms with E-state index in [1.165, 1.54) is 89.9 Å². The fourth-order valence-corrected chi connectivity index (χ4v) is 5.75. The Balaban J connectivity index is 0. The van der Waals surface area contributed by atoms with Gasteiger partial charge < -0.3 is 10.2 Å². The van der Waals surface area contributed by atoms with Crippen molar-refractivity contribution in [3.05, 3.63) is 0 Å². The SMILES string of the molecule is CC(C)CCCC(C)CCCC(C)CCCC(C)C(=O)O.CC(C)CCCC(C)CCCC(C)CCCC(C)C(=O)O. The van der Waals surface area contributed by atoms with E-state index in [0.717, 1.165) is 61.2 Å². The van der Waals surface area contributed by atoms with E-state index in [9.17, 15) is 9.59 Å². The maximum Gasteiger partial charge on any atom is 0.306 e. The molecule has 0 amide bonds. The van der Waals surface area contributed by atoms with Gasteiger partial charge in [0.25, 0.3) is 0 Å². The summed E-state index contributed by atoms with van der Waals surface area (Å²) in [5, 5.41) is 17.7. The molecule has 42 heavy (non-hydrogen) atoms. The molecule has 6 unspecified atom stereocenters. The number of carboxylic acid groups (broad SMARTS) is 2. The van der Waals surface area contributed by atoms with Crippen molar-refractivity contribution in [2.75, 3.05) is 0 Å². The van der Waals surface area contributed by atoms with Crippen molar-refractivity contribution in [1.82, 2.24) is 0 Å². The molecular formula is C38H76O4. The minimum Gasteiger partial charge on any atom is -0.481 e. The van der Waals surface area contributed by atoms with Gasteiger partial charge >= 0.3 is 11.9 Å². The summed E-state index contributed by atoms with van der Waals surface area (Å²) in [5.41, 5.74) is 0. The van der Waals surface area contributed by atoms with Gasteiger partial charge in [0.05, 0.1) is 11.8 Å². The topological polar surface area (TPSA) is 74.6 Å². The zero-order valence-corrected chi connectivity index (χ0v) is 30.1. The average molecular weight is 597 g/mol. The molecule has 0 aromatic heterocycles. The van der Waals surface area contributed by atoms with E-state index >= 15 is 0 Å². The normalized spacial score (nSPS) is 15.9. The van der Waals surface area contributed by atoms with Crippen molar-refractivity contribution < 1.29 is 19.8 Å². The predicted molar refractivity (Wildman–Crippen MR) is 183 cm³/mol. The van der Waals surface area contributed by atoms with Crippen LogP contribution in [0.15, 0.2) is 0 Å². The van der Waals surface area contributed by atoms with Gasteiger partial charge in [-0.25, -0.2) is 0 Å². The molecule has 0 fully saturated rings. The van der Waals surface area contributed by atoms with Crippen molar-refractivity contribution in [1.29, 1.82) is 0 Å². The number of hydrogen-bond donors (Lipinski definition) is 2. The van der Waals surface area contributed by atoms with Crippen LogP contribution in [0, 0.1) is 47.3 Å². The fourth-order valence-electron chi connectivity index (χ4n) is 5.75. The van der Waals surface area contributed by atoms with E-state index < -0.39 is 11.9 Å². The van der Waals surface area contributed by atoms with Gasteiger partial charge in [0.2, 0.25) is 0 Å². The Labute approximate surface area is 263 Å². The van der Waals surface area contributed by atoms with Crippen LogP contribution >= 0.6 is 0 Å². The van der Waals surface area contributed by atoms with Crippen LogP contribution in [0.25, 0.3) is 0 Å². The first-order chi connectivity index (χ1) is 19.6. The van der Waals surface area contributed by atoms with E-state index in [2.05, 4.69) is 55.4 Å². The first-order valence-electron chi connectivity index (χ1n) is 18.1. The largest absolute Gasteiger partial charge is 0.481 e.